The van der Waals surface area contributed by atoms with Gasteiger partial charge in [-0.05, 0) is 24.6 Å². The summed E-state index contributed by atoms with van der Waals surface area (Å²) < 4.78 is 46.1. The van der Waals surface area contributed by atoms with E-state index in [1.165, 1.54) is 24.3 Å². The van der Waals surface area contributed by atoms with Crippen LogP contribution in [0.4, 0.5) is 30.2 Å². The van der Waals surface area contributed by atoms with Gasteiger partial charge in [0.2, 0.25) is 5.75 Å². The Morgan fingerprint density at radius 1 is 1.30 bits per heavy atom. The van der Waals surface area contributed by atoms with Crippen molar-refractivity contribution in [3.8, 4) is 5.75 Å². The Labute approximate surface area is 167 Å². The largest absolute Gasteiger partial charge is 0.484 e. The van der Waals surface area contributed by atoms with Crippen molar-refractivity contribution in [2.75, 3.05) is 18.5 Å². The molecule has 0 aliphatic heterocycles. The Kier molecular flexibility index (Phi) is 6.84. The van der Waals surface area contributed by atoms with Crippen LogP contribution in [0.15, 0.2) is 30.3 Å². The minimum absolute atomic E-state index is 0.0695. The van der Waals surface area contributed by atoms with E-state index in [-0.39, 0.29) is 16.9 Å². The van der Waals surface area contributed by atoms with Crippen molar-refractivity contribution in [2.24, 2.45) is 0 Å². The van der Waals surface area contributed by atoms with Crippen LogP contribution in [0.25, 0.3) is 0 Å². The summed E-state index contributed by atoms with van der Waals surface area (Å²) in [5.41, 5.74) is -3.66. The number of carboxylic acids is 1. The Morgan fingerprint density at radius 3 is 2.47 bits per heavy atom. The number of para-hydroxylation sites is 1. The lowest BCUT2D eigenvalue weighted by Gasteiger charge is -2.21. The minimum Gasteiger partial charge on any atom is -0.484 e. The van der Waals surface area contributed by atoms with Crippen LogP contribution in [0.3, 0.4) is 0 Å². The van der Waals surface area contributed by atoms with Crippen LogP contribution in [0, 0.1) is 17.0 Å². The molecule has 2 aromatic rings. The number of nitro benzene ring substituents is 1. The molecule has 2 aromatic carbocycles. The molecule has 0 saturated carbocycles. The number of aliphatic hydroxyl groups excluding tert-OH is 2. The number of halogens is 3. The van der Waals surface area contributed by atoms with Gasteiger partial charge in [-0.25, -0.2) is 4.79 Å². The number of aromatic carboxylic acids is 1. The molecule has 0 spiro atoms. The predicted octanol–water partition coefficient (Wildman–Crippen LogP) is 3.10. The van der Waals surface area contributed by atoms with E-state index in [4.69, 9.17) is 9.84 Å². The van der Waals surface area contributed by atoms with E-state index in [0.29, 0.717) is 0 Å². The van der Waals surface area contributed by atoms with Gasteiger partial charge in [-0.1, -0.05) is 12.1 Å². The number of anilines is 2. The monoisotopic (exact) mass is 430 g/mol. The highest BCUT2D eigenvalue weighted by atomic mass is 19.4. The van der Waals surface area contributed by atoms with Crippen molar-refractivity contribution in [1.82, 2.24) is 0 Å². The number of rotatable bonds is 8. The average Bonchev–Trinajstić information content (AvgIpc) is 2.66. The van der Waals surface area contributed by atoms with Crippen molar-refractivity contribution in [2.45, 2.75) is 19.2 Å². The maximum absolute atomic E-state index is 13.7. The summed E-state index contributed by atoms with van der Waals surface area (Å²) in [4.78, 5) is 21.7. The van der Waals surface area contributed by atoms with Crippen molar-refractivity contribution < 1.29 is 42.9 Å². The van der Waals surface area contributed by atoms with Gasteiger partial charge in [-0.15, -0.1) is 0 Å². The van der Waals surface area contributed by atoms with Crippen LogP contribution in [0.1, 0.15) is 21.5 Å². The molecule has 12 heteroatoms. The van der Waals surface area contributed by atoms with Gasteiger partial charge in [0.25, 0.3) is 0 Å². The van der Waals surface area contributed by atoms with Gasteiger partial charge in [-0.2, -0.15) is 13.2 Å². The fourth-order valence-corrected chi connectivity index (χ4v) is 2.65. The van der Waals surface area contributed by atoms with E-state index < -0.39 is 59.0 Å². The molecular weight excluding hydrogens is 413 g/mol. The van der Waals surface area contributed by atoms with Crippen LogP contribution < -0.4 is 10.1 Å². The third-order valence-corrected chi connectivity index (χ3v) is 4.06. The lowest BCUT2D eigenvalue weighted by atomic mass is 10.0. The normalized spacial score (nSPS) is 12.3. The first-order valence-corrected chi connectivity index (χ1v) is 8.37. The van der Waals surface area contributed by atoms with Gasteiger partial charge in [0, 0.05) is 11.8 Å². The SMILES string of the molecule is Cc1c(Nc2ccccc2C(=O)O)cc([N+](=O)[O-])c(OCC(O)CO)c1C(F)(F)F. The Balaban J connectivity index is 2.68. The second-order valence-electron chi connectivity index (χ2n) is 6.15. The maximum atomic E-state index is 13.7. The molecule has 0 heterocycles. The van der Waals surface area contributed by atoms with Crippen molar-refractivity contribution >= 4 is 23.0 Å². The molecule has 9 nitrogen and oxygen atoms in total. The number of ether oxygens (including phenoxy) is 1. The Bertz CT molecular complexity index is 964. The Morgan fingerprint density at radius 2 is 1.93 bits per heavy atom. The lowest BCUT2D eigenvalue weighted by Crippen LogP contribution is -2.23. The van der Waals surface area contributed by atoms with Gasteiger partial charge in [0.15, 0.2) is 0 Å². The number of hydrogen-bond acceptors (Lipinski definition) is 7. The summed E-state index contributed by atoms with van der Waals surface area (Å²) in [6.45, 7) is -0.595. The molecule has 0 aliphatic rings. The number of carbonyl (C=O) groups is 1. The highest BCUT2D eigenvalue weighted by Crippen LogP contribution is 2.47. The summed E-state index contributed by atoms with van der Waals surface area (Å²) in [6.07, 6.45) is -6.62. The molecule has 162 valence electrons. The van der Waals surface area contributed by atoms with Crippen molar-refractivity contribution in [1.29, 1.82) is 0 Å². The molecule has 2 rings (SSSR count). The third kappa shape index (κ3) is 4.96. The number of nitro groups is 1. The van der Waals surface area contributed by atoms with Crippen LogP contribution in [-0.2, 0) is 6.18 Å². The quantitative estimate of drug-likeness (QED) is 0.370. The van der Waals surface area contributed by atoms with Gasteiger partial charge >= 0.3 is 17.8 Å². The highest BCUT2D eigenvalue weighted by molar-refractivity contribution is 5.95. The summed E-state index contributed by atoms with van der Waals surface area (Å²) in [7, 11) is 0. The molecule has 0 aliphatic carbocycles. The number of benzene rings is 2. The molecule has 30 heavy (non-hydrogen) atoms. The maximum Gasteiger partial charge on any atom is 0.420 e. The molecular formula is C18H17F3N2O7. The zero-order valence-electron chi connectivity index (χ0n) is 15.4. The fourth-order valence-electron chi connectivity index (χ4n) is 2.65. The van der Waals surface area contributed by atoms with E-state index >= 15 is 0 Å². The first-order valence-electron chi connectivity index (χ1n) is 8.37. The summed E-state index contributed by atoms with van der Waals surface area (Å²) in [5.74, 6) is -2.46. The standard InChI is InChI=1S/C18H17F3N2O7/c1-9-13(22-12-5-3-2-4-11(12)17(26)27)6-14(23(28)29)16(15(9)18(19,20)21)30-8-10(25)7-24/h2-6,10,22,24-25H,7-8H2,1H3,(H,26,27). The molecule has 0 saturated heterocycles. The second kappa shape index (κ2) is 8.97. The van der Waals surface area contributed by atoms with E-state index in [1.807, 2.05) is 0 Å². The number of aliphatic hydroxyl groups is 2. The van der Waals surface area contributed by atoms with Crippen LogP contribution in [-0.4, -0.2) is 45.5 Å². The second-order valence-corrected chi connectivity index (χ2v) is 6.15. The topological polar surface area (TPSA) is 142 Å². The highest BCUT2D eigenvalue weighted by Gasteiger charge is 2.41. The summed E-state index contributed by atoms with van der Waals surface area (Å²) in [5, 5.41) is 41.3. The summed E-state index contributed by atoms with van der Waals surface area (Å²) in [6, 6.07) is 6.14. The molecule has 0 aromatic heterocycles. The smallest absolute Gasteiger partial charge is 0.420 e. The van der Waals surface area contributed by atoms with Crippen LogP contribution in [0.5, 0.6) is 5.75 Å². The van der Waals surface area contributed by atoms with Crippen LogP contribution >= 0.6 is 0 Å². The third-order valence-electron chi connectivity index (χ3n) is 4.06. The van der Waals surface area contributed by atoms with Gasteiger partial charge in [-0.3, -0.25) is 10.1 Å². The molecule has 1 atom stereocenters. The first-order chi connectivity index (χ1) is 14.0. The van der Waals surface area contributed by atoms with E-state index in [0.717, 1.165) is 13.0 Å². The molecule has 0 amide bonds. The number of alkyl halides is 3. The number of nitrogens with one attached hydrogen (secondary N) is 1. The van der Waals surface area contributed by atoms with E-state index in [2.05, 4.69) is 5.32 Å². The van der Waals surface area contributed by atoms with Crippen molar-refractivity contribution in [3.05, 3.63) is 57.1 Å². The van der Waals surface area contributed by atoms with Crippen molar-refractivity contribution in [3.63, 3.8) is 0 Å². The fraction of sp³-hybridized carbons (Fsp3) is 0.278. The average molecular weight is 430 g/mol. The van der Waals surface area contributed by atoms with E-state index in [9.17, 15) is 38.3 Å². The lowest BCUT2D eigenvalue weighted by molar-refractivity contribution is -0.386. The summed E-state index contributed by atoms with van der Waals surface area (Å²) >= 11 is 0. The van der Waals surface area contributed by atoms with E-state index in [1.54, 1.807) is 0 Å². The molecule has 0 fully saturated rings. The Hall–Kier alpha value is -3.38. The molecule has 0 radical (unpaired) electrons. The zero-order valence-corrected chi connectivity index (χ0v) is 15.4. The molecule has 4 N–H and O–H groups in total. The minimum atomic E-state index is -5.07. The number of carboxylic acid groups (broad SMARTS) is 1. The number of hydrogen-bond donors (Lipinski definition) is 4. The van der Waals surface area contributed by atoms with Gasteiger partial charge < -0.3 is 25.4 Å². The zero-order chi connectivity index (χ0) is 22.6. The van der Waals surface area contributed by atoms with Crippen LogP contribution in [0.2, 0.25) is 0 Å². The molecule has 1 unspecified atom stereocenters. The number of nitrogens with zero attached hydrogens (tertiary/aromatic N) is 1. The predicted molar refractivity (Wildman–Crippen MR) is 98.1 cm³/mol. The molecule has 0 bridgehead atoms. The van der Waals surface area contributed by atoms with Gasteiger partial charge in [0.05, 0.1) is 22.8 Å². The van der Waals surface area contributed by atoms with Gasteiger partial charge in [0.1, 0.15) is 18.3 Å². The first kappa shape index (κ1) is 22.9.